The Kier molecular flexibility index (Phi) is 54.9. The zero-order valence-electron chi connectivity index (χ0n) is 45.9. The average Bonchev–Trinajstić information content (AvgIpc) is 3.37. The first-order valence-electron chi connectivity index (χ1n) is 29.0. The molecule has 0 saturated carbocycles. The number of allylic oxidation sites excluding steroid dienone is 20. The van der Waals surface area contributed by atoms with Crippen molar-refractivity contribution < 1.29 is 28.6 Å². The van der Waals surface area contributed by atoms with Crippen LogP contribution in [0.2, 0.25) is 0 Å². The van der Waals surface area contributed by atoms with Gasteiger partial charge in [-0.05, 0) is 122 Å². The maximum absolute atomic E-state index is 12.8. The van der Waals surface area contributed by atoms with Crippen molar-refractivity contribution in [2.24, 2.45) is 0 Å². The van der Waals surface area contributed by atoms with Crippen LogP contribution in [-0.4, -0.2) is 37.2 Å². The van der Waals surface area contributed by atoms with Gasteiger partial charge in [-0.25, -0.2) is 0 Å². The van der Waals surface area contributed by atoms with Gasteiger partial charge in [-0.3, -0.25) is 14.4 Å². The molecule has 0 heterocycles. The number of hydrogen-bond acceptors (Lipinski definition) is 6. The van der Waals surface area contributed by atoms with E-state index in [-0.39, 0.29) is 37.5 Å². The molecule has 0 fully saturated rings. The Bertz CT molecular complexity index is 1500. The van der Waals surface area contributed by atoms with Crippen LogP contribution in [0.15, 0.2) is 122 Å². The maximum atomic E-state index is 12.8. The maximum Gasteiger partial charge on any atom is 0.306 e. The van der Waals surface area contributed by atoms with E-state index < -0.39 is 6.10 Å². The van der Waals surface area contributed by atoms with Crippen molar-refractivity contribution in [1.29, 1.82) is 0 Å². The fraction of sp³-hybridized carbons (Fsp3) is 0.646. The molecule has 0 aromatic heterocycles. The average molecular weight is 984 g/mol. The molecule has 0 saturated heterocycles. The summed E-state index contributed by atoms with van der Waals surface area (Å²) in [7, 11) is 0. The Hall–Kier alpha value is -4.19. The highest BCUT2D eigenvalue weighted by Gasteiger charge is 2.19. The highest BCUT2D eigenvalue weighted by atomic mass is 16.6. The lowest BCUT2D eigenvalue weighted by atomic mass is 10.0. The van der Waals surface area contributed by atoms with Crippen LogP contribution in [0.5, 0.6) is 0 Å². The van der Waals surface area contributed by atoms with Crippen molar-refractivity contribution in [3.63, 3.8) is 0 Å². The summed E-state index contributed by atoms with van der Waals surface area (Å²) in [6.45, 7) is 6.30. The van der Waals surface area contributed by atoms with Crippen molar-refractivity contribution in [3.05, 3.63) is 122 Å². The van der Waals surface area contributed by atoms with Crippen LogP contribution in [0.1, 0.15) is 252 Å². The zero-order chi connectivity index (χ0) is 51.4. The summed E-state index contributed by atoms with van der Waals surface area (Å²) >= 11 is 0. The Labute approximate surface area is 437 Å². The third-order valence-corrected chi connectivity index (χ3v) is 11.9. The lowest BCUT2D eigenvalue weighted by molar-refractivity contribution is -0.167. The number of esters is 3. The minimum Gasteiger partial charge on any atom is -0.462 e. The molecule has 0 aromatic rings. The summed E-state index contributed by atoms with van der Waals surface area (Å²) in [5.41, 5.74) is 0. The third-order valence-electron chi connectivity index (χ3n) is 11.9. The molecule has 1 atom stereocenters. The molecule has 0 aliphatic rings. The highest BCUT2D eigenvalue weighted by molar-refractivity contribution is 5.71. The van der Waals surface area contributed by atoms with E-state index >= 15 is 0 Å². The summed E-state index contributed by atoms with van der Waals surface area (Å²) in [5.74, 6) is -0.963. The fourth-order valence-electron chi connectivity index (χ4n) is 7.64. The largest absolute Gasteiger partial charge is 0.462 e. The molecule has 71 heavy (non-hydrogen) atoms. The van der Waals surface area contributed by atoms with E-state index in [4.69, 9.17) is 14.2 Å². The van der Waals surface area contributed by atoms with Gasteiger partial charge in [0.05, 0.1) is 0 Å². The zero-order valence-corrected chi connectivity index (χ0v) is 45.9. The molecule has 0 spiro atoms. The third kappa shape index (κ3) is 56.6. The molecule has 0 radical (unpaired) electrons. The van der Waals surface area contributed by atoms with Gasteiger partial charge in [0.1, 0.15) is 13.2 Å². The molecule has 0 aliphatic heterocycles. The van der Waals surface area contributed by atoms with E-state index in [1.54, 1.807) is 0 Å². The van der Waals surface area contributed by atoms with Crippen LogP contribution in [0.4, 0.5) is 0 Å². The lowest BCUT2D eigenvalue weighted by Gasteiger charge is -2.18. The predicted octanol–water partition coefficient (Wildman–Crippen LogP) is 19.6. The fourth-order valence-corrected chi connectivity index (χ4v) is 7.64. The lowest BCUT2D eigenvalue weighted by Crippen LogP contribution is -2.30. The van der Waals surface area contributed by atoms with Gasteiger partial charge in [-0.1, -0.05) is 232 Å². The number of carbonyl (C=O) groups excluding carboxylic acids is 3. The molecule has 1 unspecified atom stereocenters. The van der Waals surface area contributed by atoms with E-state index in [1.165, 1.54) is 70.6 Å². The predicted molar refractivity (Wildman–Crippen MR) is 306 cm³/mol. The highest BCUT2D eigenvalue weighted by Crippen LogP contribution is 2.15. The van der Waals surface area contributed by atoms with Crippen LogP contribution in [0.3, 0.4) is 0 Å². The van der Waals surface area contributed by atoms with E-state index in [9.17, 15) is 14.4 Å². The Balaban J connectivity index is 4.36. The molecular weight excluding hydrogens is 877 g/mol. The van der Waals surface area contributed by atoms with E-state index in [0.717, 1.165) is 135 Å². The van der Waals surface area contributed by atoms with Gasteiger partial charge in [0.2, 0.25) is 0 Å². The van der Waals surface area contributed by atoms with Crippen LogP contribution in [-0.2, 0) is 28.6 Å². The van der Waals surface area contributed by atoms with Gasteiger partial charge in [-0.15, -0.1) is 0 Å². The summed E-state index contributed by atoms with van der Waals surface area (Å²) < 4.78 is 16.8. The topological polar surface area (TPSA) is 78.9 Å². The number of ether oxygens (including phenoxy) is 3. The number of hydrogen-bond donors (Lipinski definition) is 0. The van der Waals surface area contributed by atoms with Gasteiger partial charge < -0.3 is 14.2 Å². The first kappa shape index (κ1) is 66.8. The molecule has 0 rings (SSSR count). The Morgan fingerprint density at radius 2 is 0.549 bits per heavy atom. The standard InChI is InChI=1S/C65H106O6/c1-4-7-10-13-16-19-22-25-27-28-29-30-31-32-33-34-35-36-38-40-43-46-49-52-55-58-64(67)70-61-62(60-69-63(66)57-54-51-48-45-42-39-24-21-18-15-12-9-6-3)71-65(68)59-56-53-50-47-44-41-37-26-23-20-17-14-11-8-5-2/h7-8,10-12,15-17,19-21,24-27,29-30,37,44,47,62H,4-6,9,13-14,18,22-23,28,31-36,38-43,45-46,48-61H2,1-3H3/b10-7-,11-8-,15-12-,19-16-,20-17-,24-21-,27-25-,30-29-,37-26-,47-44-. The smallest absolute Gasteiger partial charge is 0.306 e. The van der Waals surface area contributed by atoms with Crippen molar-refractivity contribution >= 4 is 17.9 Å². The van der Waals surface area contributed by atoms with Crippen molar-refractivity contribution in [2.75, 3.05) is 13.2 Å². The minimum absolute atomic E-state index is 0.103. The van der Waals surface area contributed by atoms with Crippen LogP contribution in [0, 0.1) is 0 Å². The van der Waals surface area contributed by atoms with Crippen LogP contribution >= 0.6 is 0 Å². The normalized spacial score (nSPS) is 13.0. The van der Waals surface area contributed by atoms with E-state index in [0.29, 0.717) is 19.3 Å². The SMILES string of the molecule is CC/C=C\C/C=C\C/C=C\C/C=C\CCCCCCCCCCCCCCC(=O)OCC(COC(=O)CCCCCCC/C=C\C/C=C\CCC)OC(=O)CCCC/C=C\C/C=C\C/C=C\C/C=C\CC. The van der Waals surface area contributed by atoms with E-state index in [2.05, 4.69) is 142 Å². The van der Waals surface area contributed by atoms with Gasteiger partial charge in [0.15, 0.2) is 6.10 Å². The summed E-state index contributed by atoms with van der Waals surface area (Å²) in [6, 6.07) is 0. The number of unbranched alkanes of at least 4 members (excludes halogenated alkanes) is 20. The monoisotopic (exact) mass is 983 g/mol. The Morgan fingerprint density at radius 1 is 0.296 bits per heavy atom. The van der Waals surface area contributed by atoms with Crippen molar-refractivity contribution in [3.8, 4) is 0 Å². The number of carbonyl (C=O) groups is 3. The molecule has 0 bridgehead atoms. The van der Waals surface area contributed by atoms with Gasteiger partial charge in [0, 0.05) is 19.3 Å². The molecule has 6 nitrogen and oxygen atoms in total. The van der Waals surface area contributed by atoms with Crippen LogP contribution in [0.25, 0.3) is 0 Å². The minimum atomic E-state index is -0.809. The number of rotatable bonds is 51. The second-order valence-corrected chi connectivity index (χ2v) is 18.8. The molecule has 0 amide bonds. The first-order chi connectivity index (χ1) is 35.0. The second kappa shape index (κ2) is 58.4. The van der Waals surface area contributed by atoms with Crippen molar-refractivity contribution in [2.45, 2.75) is 258 Å². The van der Waals surface area contributed by atoms with Crippen molar-refractivity contribution in [1.82, 2.24) is 0 Å². The summed E-state index contributed by atoms with van der Waals surface area (Å²) in [4.78, 5) is 38.1. The van der Waals surface area contributed by atoms with Gasteiger partial charge in [0.25, 0.3) is 0 Å². The van der Waals surface area contributed by atoms with Gasteiger partial charge in [-0.2, -0.15) is 0 Å². The molecule has 6 heteroatoms. The second-order valence-electron chi connectivity index (χ2n) is 18.8. The molecule has 0 aromatic carbocycles. The Morgan fingerprint density at radius 3 is 0.887 bits per heavy atom. The first-order valence-corrected chi connectivity index (χ1v) is 29.0. The molecule has 0 N–H and O–H groups in total. The summed E-state index contributed by atoms with van der Waals surface area (Å²) in [6.07, 6.45) is 80.6. The molecule has 0 aliphatic carbocycles. The van der Waals surface area contributed by atoms with E-state index in [1.807, 2.05) is 0 Å². The molecule has 402 valence electrons. The summed E-state index contributed by atoms with van der Waals surface area (Å²) in [5, 5.41) is 0. The van der Waals surface area contributed by atoms with Crippen LogP contribution < -0.4 is 0 Å². The quantitative estimate of drug-likeness (QED) is 0.0261. The van der Waals surface area contributed by atoms with Gasteiger partial charge >= 0.3 is 17.9 Å². The molecular formula is C65H106O6.